The maximum Gasteiger partial charge on any atom is 0.123 e. The lowest BCUT2D eigenvalue weighted by Crippen LogP contribution is -2.32. The molecule has 1 heterocycles. The van der Waals surface area contributed by atoms with E-state index in [0.717, 1.165) is 31.2 Å². The molecule has 0 aromatic heterocycles. The van der Waals surface area contributed by atoms with Crippen molar-refractivity contribution in [3.05, 3.63) is 71.8 Å². The Hall–Kier alpha value is -2.05. The van der Waals surface area contributed by atoms with Crippen LogP contribution in [0.4, 0.5) is 5.69 Å². The highest BCUT2D eigenvalue weighted by Gasteiger charge is 2.16. The van der Waals surface area contributed by atoms with Crippen molar-refractivity contribution in [1.29, 1.82) is 0 Å². The lowest BCUT2D eigenvalue weighted by Gasteiger charge is -2.31. The number of benzene rings is 2. The molecule has 1 aliphatic carbocycles. The standard InChI is InChI=1S/C25H30NOP/c1-19-10-13-24(22(16-19)26-14-6-3-7-15-26)28-25-18-21(11-12-23(25)27)17-20-8-4-2-5-9-20/h2,4-5,8,10-13,16,18,20,27-28H,3,6-7,9,14-15,17H2,1H3. The first-order valence-corrected chi connectivity index (χ1v) is 11.5. The fourth-order valence-corrected chi connectivity index (χ4v) is 5.47. The van der Waals surface area contributed by atoms with Crippen molar-refractivity contribution < 1.29 is 5.11 Å². The van der Waals surface area contributed by atoms with Gasteiger partial charge in [0.15, 0.2) is 0 Å². The number of anilines is 1. The zero-order chi connectivity index (χ0) is 19.3. The summed E-state index contributed by atoms with van der Waals surface area (Å²) in [6.07, 6.45) is 14.8. The minimum absolute atomic E-state index is 0.423. The van der Waals surface area contributed by atoms with E-state index in [2.05, 4.69) is 66.5 Å². The number of phenolic OH excluding ortho intramolecular Hbond substituents is 1. The van der Waals surface area contributed by atoms with Gasteiger partial charge in [-0.15, -0.1) is 0 Å². The first kappa shape index (κ1) is 19.3. The van der Waals surface area contributed by atoms with Crippen molar-refractivity contribution in [2.45, 2.75) is 39.0 Å². The van der Waals surface area contributed by atoms with Crippen molar-refractivity contribution in [2.24, 2.45) is 5.92 Å². The van der Waals surface area contributed by atoms with Crippen molar-refractivity contribution in [3.8, 4) is 5.75 Å². The second-order valence-corrected chi connectivity index (χ2v) is 9.39. The van der Waals surface area contributed by atoms with E-state index in [1.165, 1.54) is 41.4 Å². The molecule has 2 aliphatic rings. The monoisotopic (exact) mass is 391 g/mol. The van der Waals surface area contributed by atoms with E-state index in [4.69, 9.17) is 0 Å². The number of nitrogens with zero attached hydrogens (tertiary/aromatic N) is 1. The Morgan fingerprint density at radius 3 is 2.64 bits per heavy atom. The first-order valence-electron chi connectivity index (χ1n) is 10.5. The molecule has 0 saturated carbocycles. The molecule has 28 heavy (non-hydrogen) atoms. The third kappa shape index (κ3) is 4.67. The number of rotatable bonds is 5. The van der Waals surface area contributed by atoms with Gasteiger partial charge in [-0.25, -0.2) is 0 Å². The Morgan fingerprint density at radius 1 is 1.00 bits per heavy atom. The van der Waals surface area contributed by atoms with Crippen LogP contribution in [0.15, 0.2) is 60.7 Å². The zero-order valence-electron chi connectivity index (χ0n) is 16.7. The molecule has 0 amide bonds. The molecular weight excluding hydrogens is 361 g/mol. The highest BCUT2D eigenvalue weighted by molar-refractivity contribution is 7.56. The fourth-order valence-electron chi connectivity index (χ4n) is 4.19. The molecule has 2 atom stereocenters. The number of allylic oxidation sites excluding steroid dienone is 4. The molecule has 1 saturated heterocycles. The van der Waals surface area contributed by atoms with Crippen LogP contribution in [0.25, 0.3) is 0 Å². The molecule has 2 unspecified atom stereocenters. The summed E-state index contributed by atoms with van der Waals surface area (Å²) >= 11 is 0. The van der Waals surface area contributed by atoms with Gasteiger partial charge in [0.2, 0.25) is 0 Å². The first-order chi connectivity index (χ1) is 13.7. The summed E-state index contributed by atoms with van der Waals surface area (Å²) in [6.45, 7) is 4.47. The average Bonchev–Trinajstić information content (AvgIpc) is 2.73. The summed E-state index contributed by atoms with van der Waals surface area (Å²) in [4.78, 5) is 2.54. The Morgan fingerprint density at radius 2 is 1.86 bits per heavy atom. The van der Waals surface area contributed by atoms with Gasteiger partial charge >= 0.3 is 0 Å². The third-order valence-corrected chi connectivity index (χ3v) is 7.11. The van der Waals surface area contributed by atoms with E-state index >= 15 is 0 Å². The SMILES string of the molecule is Cc1ccc(Pc2cc(CC3C=CC=CC3)ccc2O)c(N2CCCCC2)c1. The van der Waals surface area contributed by atoms with E-state index in [0.29, 0.717) is 20.2 Å². The molecule has 0 spiro atoms. The molecule has 2 aromatic carbocycles. The molecule has 1 N–H and O–H groups in total. The molecule has 4 rings (SSSR count). The molecule has 0 radical (unpaired) electrons. The highest BCUT2D eigenvalue weighted by atomic mass is 31.1. The summed E-state index contributed by atoms with van der Waals surface area (Å²) in [5.41, 5.74) is 3.99. The van der Waals surface area contributed by atoms with Gasteiger partial charge in [-0.1, -0.05) is 51.1 Å². The van der Waals surface area contributed by atoms with Crippen LogP contribution in [0.1, 0.15) is 36.8 Å². The topological polar surface area (TPSA) is 23.5 Å². The molecule has 2 aromatic rings. The molecule has 146 valence electrons. The molecule has 2 nitrogen and oxygen atoms in total. The number of hydrogen-bond acceptors (Lipinski definition) is 2. The Labute approximate surface area is 170 Å². The maximum atomic E-state index is 10.5. The lowest BCUT2D eigenvalue weighted by atomic mass is 9.93. The van der Waals surface area contributed by atoms with E-state index in [-0.39, 0.29) is 0 Å². The van der Waals surface area contributed by atoms with Gasteiger partial charge in [-0.2, -0.15) is 0 Å². The van der Waals surface area contributed by atoms with Crippen LogP contribution in [0, 0.1) is 12.8 Å². The van der Waals surface area contributed by atoms with E-state index < -0.39 is 0 Å². The van der Waals surface area contributed by atoms with Crippen LogP contribution in [-0.2, 0) is 6.42 Å². The van der Waals surface area contributed by atoms with E-state index in [1.54, 1.807) is 0 Å². The Bertz CT molecular complexity index is 880. The zero-order valence-corrected chi connectivity index (χ0v) is 17.7. The normalized spacial score (nSPS) is 19.6. The molecule has 1 fully saturated rings. The molecular formula is C25H30NOP. The second-order valence-electron chi connectivity index (χ2n) is 8.06. The van der Waals surface area contributed by atoms with E-state index in [9.17, 15) is 5.11 Å². The van der Waals surface area contributed by atoms with Crippen LogP contribution in [0.3, 0.4) is 0 Å². The maximum absolute atomic E-state index is 10.5. The number of aryl methyl sites for hydroxylation is 1. The average molecular weight is 391 g/mol. The van der Waals surface area contributed by atoms with Crippen molar-refractivity contribution in [3.63, 3.8) is 0 Å². The van der Waals surface area contributed by atoms with Crippen LogP contribution < -0.4 is 15.5 Å². The Balaban J connectivity index is 1.57. The quantitative estimate of drug-likeness (QED) is 0.726. The number of piperidine rings is 1. The summed E-state index contributed by atoms with van der Waals surface area (Å²) < 4.78 is 0. The number of hydrogen-bond donors (Lipinski definition) is 1. The second kappa shape index (κ2) is 8.97. The minimum atomic E-state index is 0.423. The largest absolute Gasteiger partial charge is 0.507 e. The number of aromatic hydroxyl groups is 1. The van der Waals surface area contributed by atoms with Gasteiger partial charge in [0, 0.05) is 29.4 Å². The predicted molar refractivity (Wildman–Crippen MR) is 123 cm³/mol. The Kier molecular flexibility index (Phi) is 6.17. The van der Waals surface area contributed by atoms with E-state index in [1.807, 2.05) is 6.07 Å². The molecule has 1 aliphatic heterocycles. The fraction of sp³-hybridized carbons (Fsp3) is 0.360. The molecule has 3 heteroatoms. The van der Waals surface area contributed by atoms with Gasteiger partial charge in [-0.3, -0.25) is 0 Å². The summed E-state index contributed by atoms with van der Waals surface area (Å²) in [6, 6.07) is 13.0. The summed E-state index contributed by atoms with van der Waals surface area (Å²) in [5, 5.41) is 12.9. The van der Waals surface area contributed by atoms with Gasteiger partial charge < -0.3 is 10.0 Å². The van der Waals surface area contributed by atoms with Crippen LogP contribution in [0.2, 0.25) is 0 Å². The molecule has 0 bridgehead atoms. The van der Waals surface area contributed by atoms with Crippen LogP contribution in [0.5, 0.6) is 5.75 Å². The van der Waals surface area contributed by atoms with Gasteiger partial charge in [0.05, 0.1) is 0 Å². The van der Waals surface area contributed by atoms with Crippen LogP contribution in [-0.4, -0.2) is 18.2 Å². The van der Waals surface area contributed by atoms with Crippen molar-refractivity contribution >= 4 is 24.9 Å². The lowest BCUT2D eigenvalue weighted by molar-refractivity contribution is 0.479. The van der Waals surface area contributed by atoms with Crippen molar-refractivity contribution in [2.75, 3.05) is 18.0 Å². The predicted octanol–water partition coefficient (Wildman–Crippen LogP) is 5.00. The smallest absolute Gasteiger partial charge is 0.123 e. The third-order valence-electron chi connectivity index (χ3n) is 5.75. The van der Waals surface area contributed by atoms with Crippen LogP contribution >= 0.6 is 8.58 Å². The summed E-state index contributed by atoms with van der Waals surface area (Å²) in [5.74, 6) is 0.986. The highest BCUT2D eigenvalue weighted by Crippen LogP contribution is 2.28. The van der Waals surface area contributed by atoms with Gasteiger partial charge in [0.25, 0.3) is 0 Å². The minimum Gasteiger partial charge on any atom is -0.507 e. The number of phenols is 1. The van der Waals surface area contributed by atoms with Gasteiger partial charge in [-0.05, 0) is 74.3 Å². The van der Waals surface area contributed by atoms with Gasteiger partial charge in [0.1, 0.15) is 5.75 Å². The van der Waals surface area contributed by atoms with Crippen molar-refractivity contribution in [1.82, 2.24) is 0 Å². The summed E-state index contributed by atoms with van der Waals surface area (Å²) in [7, 11) is 0.480.